The van der Waals surface area contributed by atoms with Gasteiger partial charge in [-0.25, -0.2) is 0 Å². The highest BCUT2D eigenvalue weighted by Crippen LogP contribution is 2.25. The third kappa shape index (κ3) is 5.80. The van der Waals surface area contributed by atoms with Gasteiger partial charge in [0.2, 0.25) is 0 Å². The molecule has 0 aromatic heterocycles. The number of benzene rings is 1. The minimum Gasteiger partial charge on any atom is -0.508 e. The molecule has 0 radical (unpaired) electrons. The average Bonchev–Trinajstić information content (AvgIpc) is 2.36. The molecule has 0 saturated heterocycles. The lowest BCUT2D eigenvalue weighted by molar-refractivity contribution is 0.164. The number of ether oxygens (including phenoxy) is 1. The normalized spacial score (nSPS) is 11.9. The van der Waals surface area contributed by atoms with E-state index in [2.05, 4.69) is 25.7 Å². The number of phenolic OH excluding ortho intramolecular Hbond substituents is 1. The van der Waals surface area contributed by atoms with Crippen LogP contribution in [0.3, 0.4) is 0 Å². The van der Waals surface area contributed by atoms with E-state index >= 15 is 0 Å². The van der Waals surface area contributed by atoms with Crippen LogP contribution in [0.1, 0.15) is 32.8 Å². The molecule has 4 nitrogen and oxygen atoms in total. The second kappa shape index (κ2) is 7.50. The van der Waals surface area contributed by atoms with E-state index in [0.717, 1.165) is 30.8 Å². The molecule has 0 atom stereocenters. The Morgan fingerprint density at radius 2 is 1.95 bits per heavy atom. The largest absolute Gasteiger partial charge is 0.508 e. The van der Waals surface area contributed by atoms with Gasteiger partial charge in [-0.2, -0.15) is 0 Å². The third-order valence-electron chi connectivity index (χ3n) is 3.01. The lowest BCUT2D eigenvalue weighted by Crippen LogP contribution is -2.33. The first-order valence-corrected chi connectivity index (χ1v) is 7.05. The molecule has 0 heterocycles. The molecule has 0 amide bonds. The van der Waals surface area contributed by atoms with Crippen molar-refractivity contribution in [1.82, 2.24) is 4.90 Å². The van der Waals surface area contributed by atoms with Crippen molar-refractivity contribution in [2.24, 2.45) is 5.41 Å². The van der Waals surface area contributed by atoms with Crippen LogP contribution in [-0.4, -0.2) is 41.9 Å². The Morgan fingerprint density at radius 1 is 1.25 bits per heavy atom. The minimum atomic E-state index is 0.171. The van der Waals surface area contributed by atoms with Crippen LogP contribution in [0, 0.1) is 5.41 Å². The Hall–Kier alpha value is -1.26. The zero-order valence-electron chi connectivity index (χ0n) is 13.0. The van der Waals surface area contributed by atoms with Crippen molar-refractivity contribution in [2.45, 2.75) is 33.7 Å². The van der Waals surface area contributed by atoms with Crippen LogP contribution in [0.4, 0.5) is 0 Å². The molecule has 1 aromatic carbocycles. The SMILES string of the molecule is COc1ccc(O)c(CN(CCCO)CC(C)(C)C)c1. The van der Waals surface area contributed by atoms with Crippen LogP contribution in [0.5, 0.6) is 11.5 Å². The fraction of sp³-hybridized carbons (Fsp3) is 0.625. The van der Waals surface area contributed by atoms with Crippen LogP contribution in [0.25, 0.3) is 0 Å². The molecule has 1 aromatic rings. The number of aliphatic hydroxyl groups excluding tert-OH is 1. The first kappa shape index (κ1) is 16.8. The van der Waals surface area contributed by atoms with Gasteiger partial charge >= 0.3 is 0 Å². The van der Waals surface area contributed by atoms with Crippen molar-refractivity contribution in [3.05, 3.63) is 23.8 Å². The molecule has 0 unspecified atom stereocenters. The van der Waals surface area contributed by atoms with Gasteiger partial charge in [-0.15, -0.1) is 0 Å². The summed E-state index contributed by atoms with van der Waals surface area (Å²) in [4.78, 5) is 2.25. The van der Waals surface area contributed by atoms with Gasteiger partial charge in [-0.1, -0.05) is 20.8 Å². The van der Waals surface area contributed by atoms with Crippen molar-refractivity contribution < 1.29 is 14.9 Å². The zero-order valence-corrected chi connectivity index (χ0v) is 13.0. The summed E-state index contributed by atoms with van der Waals surface area (Å²) in [5, 5.41) is 19.0. The average molecular weight is 281 g/mol. The standard InChI is InChI=1S/C16H27NO3/c1-16(2,3)12-17(8-5-9-18)11-13-10-14(20-4)6-7-15(13)19/h6-7,10,18-19H,5,8-9,11-12H2,1-4H3. The summed E-state index contributed by atoms with van der Waals surface area (Å²) in [6, 6.07) is 5.28. The summed E-state index contributed by atoms with van der Waals surface area (Å²) >= 11 is 0. The molecule has 0 bridgehead atoms. The van der Waals surface area contributed by atoms with Gasteiger partial charge in [0.1, 0.15) is 11.5 Å². The number of aromatic hydroxyl groups is 1. The number of hydrogen-bond donors (Lipinski definition) is 2. The van der Waals surface area contributed by atoms with Gasteiger partial charge in [0, 0.05) is 31.8 Å². The Kier molecular flexibility index (Phi) is 6.30. The summed E-state index contributed by atoms with van der Waals surface area (Å²) in [5.74, 6) is 1.03. The van der Waals surface area contributed by atoms with E-state index in [0.29, 0.717) is 6.54 Å². The Balaban J connectivity index is 2.82. The topological polar surface area (TPSA) is 52.9 Å². The van der Waals surface area contributed by atoms with Gasteiger partial charge < -0.3 is 14.9 Å². The van der Waals surface area contributed by atoms with Crippen molar-refractivity contribution in [3.8, 4) is 11.5 Å². The van der Waals surface area contributed by atoms with E-state index < -0.39 is 0 Å². The van der Waals surface area contributed by atoms with E-state index in [1.807, 2.05) is 6.07 Å². The van der Waals surface area contributed by atoms with E-state index in [1.54, 1.807) is 19.2 Å². The van der Waals surface area contributed by atoms with Crippen LogP contribution in [-0.2, 0) is 6.54 Å². The molecule has 114 valence electrons. The highest BCUT2D eigenvalue weighted by Gasteiger charge is 2.17. The van der Waals surface area contributed by atoms with E-state index in [4.69, 9.17) is 9.84 Å². The number of hydrogen-bond acceptors (Lipinski definition) is 4. The predicted octanol–water partition coefficient (Wildman–Crippen LogP) is 2.63. The highest BCUT2D eigenvalue weighted by atomic mass is 16.5. The second-order valence-electron chi connectivity index (χ2n) is 6.34. The molecule has 0 aliphatic carbocycles. The molecule has 0 spiro atoms. The molecule has 4 heteroatoms. The van der Waals surface area contributed by atoms with Crippen molar-refractivity contribution in [1.29, 1.82) is 0 Å². The molecule has 1 rings (SSSR count). The van der Waals surface area contributed by atoms with Crippen molar-refractivity contribution in [3.63, 3.8) is 0 Å². The summed E-state index contributed by atoms with van der Waals surface area (Å²) < 4.78 is 5.20. The number of rotatable bonds is 7. The zero-order chi connectivity index (χ0) is 15.2. The summed E-state index contributed by atoms with van der Waals surface area (Å²) in [7, 11) is 1.62. The number of phenols is 1. The van der Waals surface area contributed by atoms with Gasteiger partial charge in [0.05, 0.1) is 7.11 Å². The smallest absolute Gasteiger partial charge is 0.120 e. The van der Waals surface area contributed by atoms with Crippen molar-refractivity contribution in [2.75, 3.05) is 26.8 Å². The van der Waals surface area contributed by atoms with Crippen LogP contribution < -0.4 is 4.74 Å². The minimum absolute atomic E-state index is 0.171. The van der Waals surface area contributed by atoms with Crippen molar-refractivity contribution >= 4 is 0 Å². The molecule has 0 fully saturated rings. The highest BCUT2D eigenvalue weighted by molar-refractivity contribution is 5.39. The van der Waals surface area contributed by atoms with E-state index in [-0.39, 0.29) is 17.8 Å². The molecule has 0 aliphatic rings. The molecular formula is C16H27NO3. The first-order chi connectivity index (χ1) is 9.35. The van der Waals surface area contributed by atoms with Gasteiger partial charge in [-0.05, 0) is 30.0 Å². The number of methoxy groups -OCH3 is 1. The first-order valence-electron chi connectivity index (χ1n) is 7.05. The second-order valence-corrected chi connectivity index (χ2v) is 6.34. The number of aliphatic hydroxyl groups is 1. The van der Waals surface area contributed by atoms with E-state index in [1.165, 1.54) is 0 Å². The monoisotopic (exact) mass is 281 g/mol. The molecular weight excluding hydrogens is 254 g/mol. The predicted molar refractivity (Wildman–Crippen MR) is 81.1 cm³/mol. The Morgan fingerprint density at radius 3 is 2.50 bits per heavy atom. The van der Waals surface area contributed by atoms with Gasteiger partial charge in [-0.3, -0.25) is 4.90 Å². The van der Waals surface area contributed by atoms with E-state index in [9.17, 15) is 5.11 Å². The summed E-state index contributed by atoms with van der Waals surface area (Å²) in [6.45, 7) is 9.11. The fourth-order valence-corrected chi connectivity index (χ4v) is 2.24. The summed E-state index contributed by atoms with van der Waals surface area (Å²) in [5.41, 5.74) is 1.02. The fourth-order valence-electron chi connectivity index (χ4n) is 2.24. The lowest BCUT2D eigenvalue weighted by atomic mass is 9.95. The van der Waals surface area contributed by atoms with Crippen LogP contribution in [0.15, 0.2) is 18.2 Å². The Bertz CT molecular complexity index is 413. The third-order valence-corrected chi connectivity index (χ3v) is 3.01. The molecule has 0 aliphatic heterocycles. The van der Waals surface area contributed by atoms with Gasteiger partial charge in [0.25, 0.3) is 0 Å². The Labute approximate surface area is 122 Å². The van der Waals surface area contributed by atoms with Crippen LogP contribution >= 0.6 is 0 Å². The van der Waals surface area contributed by atoms with Crippen LogP contribution in [0.2, 0.25) is 0 Å². The lowest BCUT2D eigenvalue weighted by Gasteiger charge is -2.30. The summed E-state index contributed by atoms with van der Waals surface area (Å²) in [6.07, 6.45) is 0.737. The maximum atomic E-state index is 9.97. The molecule has 0 saturated carbocycles. The molecule has 2 N–H and O–H groups in total. The molecule has 20 heavy (non-hydrogen) atoms. The maximum Gasteiger partial charge on any atom is 0.120 e. The number of nitrogens with zero attached hydrogens (tertiary/aromatic N) is 1. The maximum absolute atomic E-state index is 9.97. The van der Waals surface area contributed by atoms with Gasteiger partial charge in [0.15, 0.2) is 0 Å². The quantitative estimate of drug-likeness (QED) is 0.806.